The molecule has 7 heteroatoms. The molecule has 0 aliphatic rings. The second kappa shape index (κ2) is 6.83. The third kappa shape index (κ3) is 4.37. The van der Waals surface area contributed by atoms with Gasteiger partial charge in [-0.05, 0) is 18.2 Å². The molecule has 102 valence electrons. The average Bonchev–Trinajstić information content (AvgIpc) is 2.92. The molecule has 0 aliphatic carbocycles. The van der Waals surface area contributed by atoms with Crippen molar-refractivity contribution >= 4 is 17.4 Å². The maximum atomic E-state index is 11.6. The zero-order valence-corrected chi connectivity index (χ0v) is 10.7. The number of anilines is 1. The van der Waals surface area contributed by atoms with E-state index >= 15 is 0 Å². The van der Waals surface area contributed by atoms with E-state index in [1.807, 2.05) is 30.3 Å². The predicted octanol–water partition coefficient (Wildman–Crippen LogP) is 0.997. The van der Waals surface area contributed by atoms with E-state index < -0.39 is 0 Å². The molecular weight excluding hydrogens is 256 g/mol. The van der Waals surface area contributed by atoms with E-state index in [-0.39, 0.29) is 18.3 Å². The number of nitrogens with one attached hydrogen (secondary N) is 3. The normalized spacial score (nSPS) is 10.4. The summed E-state index contributed by atoms with van der Waals surface area (Å²) in [6, 6.07) is 9.53. The number of amides is 1. The van der Waals surface area contributed by atoms with E-state index in [0.717, 1.165) is 5.69 Å². The van der Waals surface area contributed by atoms with Gasteiger partial charge in [0.05, 0.1) is 0 Å². The number of amidine groups is 1. The molecule has 0 saturated heterocycles. The van der Waals surface area contributed by atoms with Crippen LogP contribution in [0.3, 0.4) is 0 Å². The van der Waals surface area contributed by atoms with Gasteiger partial charge in [0.2, 0.25) is 5.91 Å². The van der Waals surface area contributed by atoms with Crippen molar-refractivity contribution in [3.05, 3.63) is 55.3 Å². The van der Waals surface area contributed by atoms with Crippen LogP contribution in [0.1, 0.15) is 0 Å². The third-order valence-corrected chi connectivity index (χ3v) is 2.32. The number of benzene rings is 1. The van der Waals surface area contributed by atoms with E-state index in [2.05, 4.69) is 20.7 Å². The van der Waals surface area contributed by atoms with Crippen LogP contribution in [0.4, 0.5) is 5.69 Å². The maximum absolute atomic E-state index is 11.6. The first kappa shape index (κ1) is 13.5. The molecule has 0 fully saturated rings. The molecule has 20 heavy (non-hydrogen) atoms. The fourth-order valence-corrected chi connectivity index (χ4v) is 1.45. The van der Waals surface area contributed by atoms with Crippen molar-refractivity contribution < 1.29 is 4.79 Å². The van der Waals surface area contributed by atoms with Crippen molar-refractivity contribution in [2.75, 3.05) is 5.32 Å². The van der Waals surface area contributed by atoms with Gasteiger partial charge in [0, 0.05) is 11.9 Å². The minimum Gasteiger partial charge on any atom is -0.362 e. The van der Waals surface area contributed by atoms with Gasteiger partial charge in [0.1, 0.15) is 25.0 Å². The highest BCUT2D eigenvalue weighted by molar-refractivity contribution is 6.02. The van der Waals surface area contributed by atoms with E-state index in [4.69, 9.17) is 5.41 Å². The zero-order chi connectivity index (χ0) is 14.2. The second-order valence-electron chi connectivity index (χ2n) is 3.90. The maximum Gasteiger partial charge on any atom is 0.247 e. The van der Waals surface area contributed by atoms with Crippen molar-refractivity contribution in [1.29, 1.82) is 5.41 Å². The summed E-state index contributed by atoms with van der Waals surface area (Å²) < 4.78 is 1.38. The quantitative estimate of drug-likeness (QED) is 0.558. The molecule has 0 aliphatic heterocycles. The van der Waals surface area contributed by atoms with Crippen LogP contribution in [-0.4, -0.2) is 26.5 Å². The Bertz CT molecular complexity index is 591. The van der Waals surface area contributed by atoms with Crippen LogP contribution in [0.25, 0.3) is 0 Å². The molecule has 1 aromatic heterocycles. The summed E-state index contributed by atoms with van der Waals surface area (Å²) in [6.07, 6.45) is 5.85. The SMILES string of the molecule is N=C(/C=C\Nc1ccccc1)NC(=O)Cn1cncn1. The molecule has 3 N–H and O–H groups in total. The summed E-state index contributed by atoms with van der Waals surface area (Å²) >= 11 is 0. The molecule has 1 aromatic carbocycles. The van der Waals surface area contributed by atoms with Crippen LogP contribution >= 0.6 is 0 Å². The van der Waals surface area contributed by atoms with Crippen molar-refractivity contribution in [3.8, 4) is 0 Å². The van der Waals surface area contributed by atoms with Crippen molar-refractivity contribution in [1.82, 2.24) is 20.1 Å². The summed E-state index contributed by atoms with van der Waals surface area (Å²) in [7, 11) is 0. The highest BCUT2D eigenvalue weighted by Gasteiger charge is 2.03. The summed E-state index contributed by atoms with van der Waals surface area (Å²) in [6.45, 7) is 0.0301. The van der Waals surface area contributed by atoms with Crippen LogP contribution in [0.2, 0.25) is 0 Å². The van der Waals surface area contributed by atoms with Gasteiger partial charge >= 0.3 is 0 Å². The third-order valence-electron chi connectivity index (χ3n) is 2.32. The first-order valence-corrected chi connectivity index (χ1v) is 5.93. The van der Waals surface area contributed by atoms with Gasteiger partial charge in [0.15, 0.2) is 0 Å². The molecule has 0 saturated carbocycles. The van der Waals surface area contributed by atoms with Gasteiger partial charge in [-0.1, -0.05) is 18.2 Å². The monoisotopic (exact) mass is 270 g/mol. The van der Waals surface area contributed by atoms with Crippen LogP contribution in [-0.2, 0) is 11.3 Å². The standard InChI is InChI=1S/C13H14N6O/c14-12(6-7-16-11-4-2-1-3-5-11)18-13(20)8-19-10-15-9-17-19/h1-7,9-10,16H,8H2,(H2,14,18,20)/b7-6-. The first-order valence-electron chi connectivity index (χ1n) is 5.93. The summed E-state index contributed by atoms with van der Waals surface area (Å²) in [5, 5.41) is 16.8. The molecule has 0 spiro atoms. The second-order valence-corrected chi connectivity index (χ2v) is 3.90. The van der Waals surface area contributed by atoms with Gasteiger partial charge in [-0.2, -0.15) is 5.10 Å². The van der Waals surface area contributed by atoms with E-state index in [1.165, 1.54) is 23.4 Å². The fraction of sp³-hybridized carbons (Fsp3) is 0.0769. The van der Waals surface area contributed by atoms with Gasteiger partial charge in [-0.25, -0.2) is 9.67 Å². The summed E-state index contributed by atoms with van der Waals surface area (Å²) in [4.78, 5) is 15.3. The largest absolute Gasteiger partial charge is 0.362 e. The van der Waals surface area contributed by atoms with Crippen molar-refractivity contribution in [3.63, 3.8) is 0 Å². The Morgan fingerprint density at radius 2 is 2.15 bits per heavy atom. The number of hydrogen-bond donors (Lipinski definition) is 3. The van der Waals surface area contributed by atoms with Crippen LogP contribution in [0, 0.1) is 5.41 Å². The lowest BCUT2D eigenvalue weighted by atomic mass is 10.3. The molecule has 0 atom stereocenters. The highest BCUT2D eigenvalue weighted by atomic mass is 16.2. The Morgan fingerprint density at radius 1 is 1.35 bits per heavy atom. The number of hydrogen-bond acceptors (Lipinski definition) is 5. The Kier molecular flexibility index (Phi) is 4.60. The molecule has 2 aromatic rings. The van der Waals surface area contributed by atoms with Crippen molar-refractivity contribution in [2.45, 2.75) is 6.54 Å². The Labute approximate surface area is 115 Å². The number of carbonyl (C=O) groups excluding carboxylic acids is 1. The summed E-state index contributed by atoms with van der Waals surface area (Å²) in [5.41, 5.74) is 0.908. The minimum atomic E-state index is -0.329. The number of carbonyl (C=O) groups is 1. The smallest absolute Gasteiger partial charge is 0.247 e. The molecule has 2 rings (SSSR count). The van der Waals surface area contributed by atoms with Crippen molar-refractivity contribution in [2.24, 2.45) is 0 Å². The molecule has 1 amide bonds. The zero-order valence-electron chi connectivity index (χ0n) is 10.7. The fourth-order valence-electron chi connectivity index (χ4n) is 1.45. The predicted molar refractivity (Wildman–Crippen MR) is 75.1 cm³/mol. The van der Waals surface area contributed by atoms with Crippen LogP contribution in [0.15, 0.2) is 55.3 Å². The summed E-state index contributed by atoms with van der Waals surface area (Å²) in [5.74, 6) is -0.330. The Morgan fingerprint density at radius 3 is 2.85 bits per heavy atom. The lowest BCUT2D eigenvalue weighted by Gasteiger charge is -2.03. The Balaban J connectivity index is 1.76. The van der Waals surface area contributed by atoms with E-state index in [0.29, 0.717) is 0 Å². The highest BCUT2D eigenvalue weighted by Crippen LogP contribution is 2.03. The molecule has 0 unspecified atom stereocenters. The molecule has 1 heterocycles. The van der Waals surface area contributed by atoms with Gasteiger partial charge in [-0.3, -0.25) is 10.2 Å². The molecule has 0 bridgehead atoms. The number of para-hydroxylation sites is 1. The van der Waals surface area contributed by atoms with Gasteiger partial charge in [0.25, 0.3) is 0 Å². The van der Waals surface area contributed by atoms with E-state index in [9.17, 15) is 4.79 Å². The number of aromatic nitrogens is 3. The molecule has 7 nitrogen and oxygen atoms in total. The number of nitrogens with zero attached hydrogens (tertiary/aromatic N) is 3. The average molecular weight is 270 g/mol. The molecule has 0 radical (unpaired) electrons. The van der Waals surface area contributed by atoms with Crippen LogP contribution in [0.5, 0.6) is 0 Å². The molecular formula is C13H14N6O. The van der Waals surface area contributed by atoms with Crippen LogP contribution < -0.4 is 10.6 Å². The lowest BCUT2D eigenvalue weighted by molar-refractivity contribution is -0.120. The Hall–Kier alpha value is -2.96. The topological polar surface area (TPSA) is 95.7 Å². The minimum absolute atomic E-state index is 0.00135. The lowest BCUT2D eigenvalue weighted by Crippen LogP contribution is -2.31. The van der Waals surface area contributed by atoms with Gasteiger partial charge in [-0.15, -0.1) is 0 Å². The first-order chi connectivity index (χ1) is 9.74. The number of rotatable bonds is 5. The van der Waals surface area contributed by atoms with E-state index in [1.54, 1.807) is 6.20 Å². The van der Waals surface area contributed by atoms with Gasteiger partial charge < -0.3 is 10.6 Å².